The molecule has 1 atom stereocenters. The van der Waals surface area contributed by atoms with Crippen molar-refractivity contribution in [2.24, 2.45) is 5.73 Å². The van der Waals surface area contributed by atoms with Gasteiger partial charge in [0.25, 0.3) is 0 Å². The summed E-state index contributed by atoms with van der Waals surface area (Å²) in [5.41, 5.74) is 7.91. The fourth-order valence-electron chi connectivity index (χ4n) is 2.37. The van der Waals surface area contributed by atoms with Crippen LogP contribution in [-0.4, -0.2) is 24.1 Å². The highest BCUT2D eigenvalue weighted by Crippen LogP contribution is 2.09. The van der Waals surface area contributed by atoms with Crippen LogP contribution >= 0.6 is 0 Å². The molecule has 0 aliphatic carbocycles. The zero-order valence-electron chi connectivity index (χ0n) is 13.0. The summed E-state index contributed by atoms with van der Waals surface area (Å²) < 4.78 is 0. The van der Waals surface area contributed by atoms with E-state index in [0.717, 1.165) is 24.9 Å². The molecule has 2 aromatic carbocycles. The van der Waals surface area contributed by atoms with Crippen LogP contribution in [0, 0.1) is 0 Å². The minimum absolute atomic E-state index is 0. The van der Waals surface area contributed by atoms with E-state index in [2.05, 4.69) is 5.32 Å². The molecule has 0 heterocycles. The maximum absolute atomic E-state index is 11.0. The van der Waals surface area contributed by atoms with Gasteiger partial charge in [-0.1, -0.05) is 42.5 Å². The van der Waals surface area contributed by atoms with Gasteiger partial charge in [-0.3, -0.25) is 4.79 Å². The molecule has 1 amide bonds. The van der Waals surface area contributed by atoms with Gasteiger partial charge < -0.3 is 28.6 Å². The van der Waals surface area contributed by atoms with E-state index in [1.165, 1.54) is 5.56 Å². The van der Waals surface area contributed by atoms with Crippen LogP contribution in [-0.2, 0) is 6.42 Å². The van der Waals surface area contributed by atoms with Gasteiger partial charge >= 0.3 is 0 Å². The molecule has 124 valence electrons. The molecule has 4 nitrogen and oxygen atoms in total. The molecule has 5 heteroatoms. The number of hydrogen-bond acceptors (Lipinski definition) is 2. The summed E-state index contributed by atoms with van der Waals surface area (Å²) in [6, 6.07) is 17.1. The van der Waals surface area contributed by atoms with E-state index in [4.69, 9.17) is 5.73 Å². The maximum atomic E-state index is 11.0. The van der Waals surface area contributed by atoms with Gasteiger partial charge in [0, 0.05) is 12.0 Å². The minimum Gasteiger partial charge on any atom is -1.00 e. The molecule has 0 radical (unpaired) electrons. The molecule has 0 aliphatic rings. The van der Waals surface area contributed by atoms with E-state index in [0.29, 0.717) is 12.1 Å². The highest BCUT2D eigenvalue weighted by molar-refractivity contribution is 5.92. The highest BCUT2D eigenvalue weighted by Gasteiger charge is 2.08. The van der Waals surface area contributed by atoms with E-state index in [-0.39, 0.29) is 12.4 Å². The second kappa shape index (κ2) is 10.0. The average Bonchev–Trinajstić information content (AvgIpc) is 2.55. The van der Waals surface area contributed by atoms with Crippen molar-refractivity contribution >= 4 is 5.91 Å². The summed E-state index contributed by atoms with van der Waals surface area (Å²) in [4.78, 5) is 11.0. The standard InChI is InChI=1S/C18H22N2O2.ClH/c19-18(22)16-10-8-14(9-11-16)5-4-12-20-13-17(21)15-6-2-1-3-7-15;/h1-3,6-11,17,20-21H,4-5,12-13H2,(H2,19,22);1H. The third kappa shape index (κ3) is 6.40. The number of carbonyl (C=O) groups excluding carboxylic acids is 1. The van der Waals surface area contributed by atoms with Crippen LogP contribution in [0.3, 0.4) is 0 Å². The second-order valence-corrected chi connectivity index (χ2v) is 5.40. The minimum atomic E-state index is -0.420. The molecule has 5 N–H and O–H groups in total. The van der Waals surface area contributed by atoms with Crippen LogP contribution in [0.15, 0.2) is 54.6 Å². The van der Waals surface area contributed by atoms with Gasteiger partial charge in [-0.15, -0.1) is 0 Å². The van der Waals surface area contributed by atoms with Gasteiger partial charge in [-0.05, 0) is 29.7 Å². The lowest BCUT2D eigenvalue weighted by Gasteiger charge is -2.09. The first-order valence-corrected chi connectivity index (χ1v) is 7.60. The van der Waals surface area contributed by atoms with Crippen LogP contribution in [0.1, 0.15) is 34.0 Å². The Morgan fingerprint density at radius 2 is 1.74 bits per heavy atom. The fourth-order valence-corrected chi connectivity index (χ4v) is 2.37. The molecule has 0 saturated heterocycles. The Morgan fingerprint density at radius 1 is 1.09 bits per heavy atom. The number of rotatable bonds is 8. The number of hydrogen-bond donors (Lipinski definition) is 3. The van der Waals surface area contributed by atoms with Gasteiger partial charge in [-0.2, -0.15) is 0 Å². The van der Waals surface area contributed by atoms with Crippen molar-refractivity contribution in [2.75, 3.05) is 13.1 Å². The zero-order valence-corrected chi connectivity index (χ0v) is 13.7. The lowest BCUT2D eigenvalue weighted by molar-refractivity contribution is -0.662. The third-order valence-corrected chi connectivity index (χ3v) is 3.69. The molecular formula is C18H23ClN2O2. The van der Waals surface area contributed by atoms with E-state index in [1.807, 2.05) is 42.5 Å². The van der Waals surface area contributed by atoms with Crippen LogP contribution < -0.4 is 23.5 Å². The van der Waals surface area contributed by atoms with Crippen molar-refractivity contribution in [3.05, 3.63) is 71.3 Å². The van der Waals surface area contributed by atoms with Crippen molar-refractivity contribution in [1.82, 2.24) is 0 Å². The molecule has 2 rings (SSSR count). The molecule has 2 aromatic rings. The molecule has 1 unspecified atom stereocenters. The van der Waals surface area contributed by atoms with Crippen molar-refractivity contribution < 1.29 is 27.6 Å². The number of nitrogens with two attached hydrogens (primary N) is 2. The van der Waals surface area contributed by atoms with E-state index in [1.54, 1.807) is 12.1 Å². The van der Waals surface area contributed by atoms with Crippen LogP contribution in [0.25, 0.3) is 0 Å². The molecule has 0 saturated carbocycles. The Labute approximate surface area is 143 Å². The predicted octanol–water partition coefficient (Wildman–Crippen LogP) is -1.98. The van der Waals surface area contributed by atoms with E-state index >= 15 is 0 Å². The van der Waals surface area contributed by atoms with E-state index < -0.39 is 12.0 Å². The quantitative estimate of drug-likeness (QED) is 0.489. The zero-order chi connectivity index (χ0) is 15.8. The summed E-state index contributed by atoms with van der Waals surface area (Å²) in [6.07, 6.45) is 1.56. The number of benzene rings is 2. The highest BCUT2D eigenvalue weighted by atomic mass is 35.5. The van der Waals surface area contributed by atoms with Gasteiger partial charge in [0.15, 0.2) is 0 Å². The number of quaternary nitrogens is 1. The predicted molar refractivity (Wildman–Crippen MR) is 86.3 cm³/mol. The Balaban J connectivity index is 0.00000264. The molecule has 0 aromatic heterocycles. The number of aliphatic hydroxyl groups is 1. The largest absolute Gasteiger partial charge is 1.00 e. The molecule has 23 heavy (non-hydrogen) atoms. The number of amides is 1. The number of halogens is 1. The topological polar surface area (TPSA) is 79.9 Å². The first kappa shape index (κ1) is 19.2. The van der Waals surface area contributed by atoms with E-state index in [9.17, 15) is 9.90 Å². The average molecular weight is 335 g/mol. The molecule has 0 fully saturated rings. The molecule has 0 spiro atoms. The Kier molecular flexibility index (Phi) is 8.33. The fraction of sp³-hybridized carbons (Fsp3) is 0.278. The van der Waals surface area contributed by atoms with Crippen molar-refractivity contribution in [1.29, 1.82) is 0 Å². The SMILES string of the molecule is NC(=O)c1ccc(CCC[NH2+]CC(O)c2ccccc2)cc1.[Cl-]. The first-order valence-electron chi connectivity index (χ1n) is 7.60. The van der Waals surface area contributed by atoms with Crippen LogP contribution in [0.2, 0.25) is 0 Å². The maximum Gasteiger partial charge on any atom is 0.248 e. The van der Waals surface area contributed by atoms with Gasteiger partial charge in [0.2, 0.25) is 5.91 Å². The van der Waals surface area contributed by atoms with Gasteiger partial charge in [0.1, 0.15) is 12.6 Å². The van der Waals surface area contributed by atoms with Gasteiger partial charge in [-0.25, -0.2) is 0 Å². The summed E-state index contributed by atoms with van der Waals surface area (Å²) in [5.74, 6) is -0.394. The monoisotopic (exact) mass is 334 g/mol. The second-order valence-electron chi connectivity index (χ2n) is 5.40. The lowest BCUT2D eigenvalue weighted by Crippen LogP contribution is -3.00. The van der Waals surface area contributed by atoms with Crippen LogP contribution in [0.4, 0.5) is 0 Å². The first-order chi connectivity index (χ1) is 10.7. The van der Waals surface area contributed by atoms with Crippen molar-refractivity contribution in [3.63, 3.8) is 0 Å². The van der Waals surface area contributed by atoms with Crippen LogP contribution in [0.5, 0.6) is 0 Å². The molecular weight excluding hydrogens is 312 g/mol. The number of primary amides is 1. The number of aryl methyl sites for hydroxylation is 1. The van der Waals surface area contributed by atoms with Crippen molar-refractivity contribution in [3.8, 4) is 0 Å². The smallest absolute Gasteiger partial charge is 0.248 e. The summed E-state index contributed by atoms with van der Waals surface area (Å²) >= 11 is 0. The summed E-state index contributed by atoms with van der Waals surface area (Å²) in [6.45, 7) is 1.63. The number of carbonyl (C=O) groups is 1. The number of aliphatic hydroxyl groups excluding tert-OH is 1. The molecule has 0 bridgehead atoms. The Hall–Kier alpha value is -1.88. The normalized spacial score (nSPS) is 11.5. The summed E-state index contributed by atoms with van der Waals surface area (Å²) in [5, 5.41) is 12.2. The molecule has 0 aliphatic heterocycles. The Morgan fingerprint density at radius 3 is 2.35 bits per heavy atom. The third-order valence-electron chi connectivity index (χ3n) is 3.69. The Bertz CT molecular complexity index is 588. The van der Waals surface area contributed by atoms with Crippen molar-refractivity contribution in [2.45, 2.75) is 18.9 Å². The summed E-state index contributed by atoms with van der Waals surface area (Å²) in [7, 11) is 0. The van der Waals surface area contributed by atoms with Gasteiger partial charge in [0.05, 0.1) is 6.54 Å². The lowest BCUT2D eigenvalue weighted by atomic mass is 10.1.